The summed E-state index contributed by atoms with van der Waals surface area (Å²) in [5, 5.41) is 0. The smallest absolute Gasteiger partial charge is 0.313 e. The first-order valence-electron chi connectivity index (χ1n) is 7.54. The summed E-state index contributed by atoms with van der Waals surface area (Å²) in [5.74, 6) is -0.543. The molecule has 1 aromatic carbocycles. The SMILES string of the molecule is [Ac].[NH-]Cc1ccc(CN2CCN(c3cc(F)nc(F)n3)CC2)cc1. The minimum absolute atomic E-state index is 0. The Morgan fingerprint density at radius 2 is 1.58 bits per heavy atom. The molecule has 1 saturated heterocycles. The number of aromatic nitrogens is 2. The van der Waals surface area contributed by atoms with E-state index in [0.29, 0.717) is 25.5 Å². The summed E-state index contributed by atoms with van der Waals surface area (Å²) < 4.78 is 26.3. The van der Waals surface area contributed by atoms with Gasteiger partial charge in [0.25, 0.3) is 0 Å². The summed E-state index contributed by atoms with van der Waals surface area (Å²) in [7, 11) is 0. The molecule has 0 bridgehead atoms. The van der Waals surface area contributed by atoms with Crippen molar-refractivity contribution in [3.63, 3.8) is 0 Å². The Morgan fingerprint density at radius 3 is 2.17 bits per heavy atom. The van der Waals surface area contributed by atoms with Crippen molar-refractivity contribution in [2.45, 2.75) is 13.1 Å². The molecule has 24 heavy (non-hydrogen) atoms. The molecule has 1 aromatic heterocycles. The van der Waals surface area contributed by atoms with Crippen molar-refractivity contribution in [2.75, 3.05) is 31.1 Å². The van der Waals surface area contributed by atoms with Crippen LogP contribution < -0.4 is 4.90 Å². The Labute approximate surface area is 175 Å². The normalized spacial score (nSPS) is 15.2. The molecule has 8 heteroatoms. The van der Waals surface area contributed by atoms with E-state index in [1.165, 1.54) is 5.56 Å². The molecule has 1 fully saturated rings. The fourth-order valence-electron chi connectivity index (χ4n) is 2.70. The summed E-state index contributed by atoms with van der Waals surface area (Å²) in [4.78, 5) is 10.8. The average molecular weight is 545 g/mol. The van der Waals surface area contributed by atoms with Gasteiger partial charge in [-0.2, -0.15) is 18.7 Å². The maximum Gasteiger partial charge on any atom is 0.313 e. The zero-order valence-electron chi connectivity index (χ0n) is 13.3. The topological polar surface area (TPSA) is 56.1 Å². The van der Waals surface area contributed by atoms with Gasteiger partial charge in [-0.3, -0.25) is 4.90 Å². The molecule has 1 aliphatic heterocycles. The molecular weight excluding hydrogens is 527 g/mol. The number of nitrogens with one attached hydrogen (secondary N) is 1. The van der Waals surface area contributed by atoms with Gasteiger partial charge in [0.05, 0.1) is 0 Å². The van der Waals surface area contributed by atoms with Crippen LogP contribution in [0, 0.1) is 56.1 Å². The number of nitrogens with zero attached hydrogens (tertiary/aromatic N) is 4. The van der Waals surface area contributed by atoms with E-state index in [-0.39, 0.29) is 44.1 Å². The summed E-state index contributed by atoms with van der Waals surface area (Å²) in [6.45, 7) is 4.06. The summed E-state index contributed by atoms with van der Waals surface area (Å²) in [5.41, 5.74) is 9.53. The molecule has 0 aliphatic carbocycles. The third-order valence-electron chi connectivity index (χ3n) is 3.98. The minimum atomic E-state index is -1.03. The van der Waals surface area contributed by atoms with Crippen LogP contribution in [0.15, 0.2) is 30.3 Å². The summed E-state index contributed by atoms with van der Waals surface area (Å²) >= 11 is 0. The molecule has 5 nitrogen and oxygen atoms in total. The Morgan fingerprint density at radius 1 is 0.958 bits per heavy atom. The molecular formula is C16H18AcF2N5-. The van der Waals surface area contributed by atoms with Gasteiger partial charge in [0.1, 0.15) is 5.82 Å². The van der Waals surface area contributed by atoms with Crippen LogP contribution in [0.4, 0.5) is 14.6 Å². The fourth-order valence-corrected chi connectivity index (χ4v) is 2.70. The van der Waals surface area contributed by atoms with E-state index >= 15 is 0 Å². The largest absolute Gasteiger partial charge is 0.674 e. The van der Waals surface area contributed by atoms with Crippen molar-refractivity contribution in [1.82, 2.24) is 14.9 Å². The number of anilines is 1. The Kier molecular flexibility index (Phi) is 7.48. The molecule has 1 radical (unpaired) electrons. The van der Waals surface area contributed by atoms with Gasteiger partial charge in [0.15, 0.2) is 0 Å². The van der Waals surface area contributed by atoms with Crippen LogP contribution >= 0.6 is 0 Å². The maximum atomic E-state index is 13.2. The second kappa shape index (κ2) is 9.14. The van der Waals surface area contributed by atoms with Crippen LogP contribution in [-0.2, 0) is 13.1 Å². The first-order chi connectivity index (χ1) is 11.1. The van der Waals surface area contributed by atoms with Crippen LogP contribution in [-0.4, -0.2) is 41.0 Å². The molecule has 0 saturated carbocycles. The van der Waals surface area contributed by atoms with Crippen molar-refractivity contribution in [2.24, 2.45) is 0 Å². The van der Waals surface area contributed by atoms with Gasteiger partial charge < -0.3 is 10.6 Å². The quantitative estimate of drug-likeness (QED) is 0.438. The molecule has 0 unspecified atom stereocenters. The molecule has 2 aromatic rings. The number of hydrogen-bond donors (Lipinski definition) is 0. The number of halogens is 2. The molecule has 125 valence electrons. The van der Waals surface area contributed by atoms with E-state index < -0.39 is 12.0 Å². The van der Waals surface area contributed by atoms with Gasteiger partial charge in [-0.15, -0.1) is 6.54 Å². The standard InChI is InChI=1S/C16H18F2N5.Ac/c17-14-9-15(21-16(18)20-14)23-7-5-22(6-8-23)11-13-3-1-12(10-19)2-4-13;/h1-4,9,19H,5-8,10-11H2;/q-1;. The fraction of sp³-hybridized carbons (Fsp3) is 0.375. The van der Waals surface area contributed by atoms with Crippen LogP contribution in [0.3, 0.4) is 0 Å². The van der Waals surface area contributed by atoms with Crippen LogP contribution in [0.2, 0.25) is 0 Å². The van der Waals surface area contributed by atoms with Crippen molar-refractivity contribution >= 4 is 5.82 Å². The predicted molar refractivity (Wildman–Crippen MR) is 83.9 cm³/mol. The van der Waals surface area contributed by atoms with Crippen LogP contribution in [0.25, 0.3) is 5.73 Å². The number of benzene rings is 1. The van der Waals surface area contributed by atoms with Crippen molar-refractivity contribution in [3.05, 3.63) is 59.2 Å². The van der Waals surface area contributed by atoms with Gasteiger partial charge in [0, 0.05) is 82.9 Å². The Balaban J connectivity index is 0.00000208. The monoisotopic (exact) mass is 545 g/mol. The third kappa shape index (κ3) is 5.16. The first kappa shape index (κ1) is 19.6. The predicted octanol–water partition coefficient (Wildman–Crippen LogP) is 2.63. The van der Waals surface area contributed by atoms with Crippen molar-refractivity contribution < 1.29 is 52.8 Å². The summed E-state index contributed by atoms with van der Waals surface area (Å²) in [6, 6.07) is 9.21. The van der Waals surface area contributed by atoms with E-state index in [0.717, 1.165) is 31.3 Å². The zero-order chi connectivity index (χ0) is 16.2. The van der Waals surface area contributed by atoms with Crippen LogP contribution in [0.5, 0.6) is 0 Å². The van der Waals surface area contributed by atoms with Gasteiger partial charge in [-0.1, -0.05) is 29.8 Å². The van der Waals surface area contributed by atoms with E-state index in [9.17, 15) is 8.78 Å². The minimum Gasteiger partial charge on any atom is -0.674 e. The maximum absolute atomic E-state index is 13.2. The van der Waals surface area contributed by atoms with E-state index in [1.54, 1.807) is 0 Å². The second-order valence-corrected chi connectivity index (χ2v) is 5.57. The molecule has 0 spiro atoms. The number of piperazine rings is 1. The van der Waals surface area contributed by atoms with E-state index in [2.05, 4.69) is 14.9 Å². The van der Waals surface area contributed by atoms with Gasteiger partial charge in [-0.25, -0.2) is 0 Å². The molecule has 1 aliphatic rings. The first-order valence-corrected chi connectivity index (χ1v) is 7.54. The number of rotatable bonds is 4. The van der Waals surface area contributed by atoms with Gasteiger partial charge in [-0.05, 0) is 5.56 Å². The number of hydrogen-bond acceptors (Lipinski definition) is 4. The van der Waals surface area contributed by atoms with E-state index in [4.69, 9.17) is 5.73 Å². The molecule has 0 amide bonds. The molecule has 3 rings (SSSR count). The van der Waals surface area contributed by atoms with Gasteiger partial charge >= 0.3 is 6.08 Å². The van der Waals surface area contributed by atoms with E-state index in [1.807, 2.05) is 29.2 Å². The third-order valence-corrected chi connectivity index (χ3v) is 3.98. The summed E-state index contributed by atoms with van der Waals surface area (Å²) in [6.07, 6.45) is -1.03. The zero-order valence-corrected chi connectivity index (χ0v) is 18.0. The Bertz CT molecular complexity index is 640. The van der Waals surface area contributed by atoms with Crippen LogP contribution in [0.1, 0.15) is 11.1 Å². The molecule has 0 atom stereocenters. The van der Waals surface area contributed by atoms with Gasteiger partial charge in [0.2, 0.25) is 5.95 Å². The molecule has 1 N–H and O–H groups in total. The Hall–Kier alpha value is -0.678. The molecule has 2 heterocycles. The average Bonchev–Trinajstić information content (AvgIpc) is 2.55. The van der Waals surface area contributed by atoms with Crippen molar-refractivity contribution in [3.8, 4) is 0 Å². The van der Waals surface area contributed by atoms with Crippen molar-refractivity contribution in [1.29, 1.82) is 0 Å². The second-order valence-electron chi connectivity index (χ2n) is 5.57.